The Bertz CT molecular complexity index is 1290. The highest BCUT2D eigenvalue weighted by molar-refractivity contribution is 7.99. The molecule has 0 unspecified atom stereocenters. The summed E-state index contributed by atoms with van der Waals surface area (Å²) in [7, 11) is 0. The molecule has 6 rings (SSSR count). The minimum Gasteiger partial charge on any atom is -0.338 e. The first-order valence-electron chi connectivity index (χ1n) is 12.5. The van der Waals surface area contributed by atoms with Gasteiger partial charge in [0.25, 0.3) is 11.5 Å². The van der Waals surface area contributed by atoms with Crippen LogP contribution in [0.2, 0.25) is 0 Å². The van der Waals surface area contributed by atoms with Crippen LogP contribution in [0.1, 0.15) is 67.4 Å². The second-order valence-electron chi connectivity index (χ2n) is 9.96. The van der Waals surface area contributed by atoms with E-state index in [0.717, 1.165) is 53.1 Å². The van der Waals surface area contributed by atoms with E-state index in [-0.39, 0.29) is 11.5 Å². The molecule has 3 aromatic rings. The highest BCUT2D eigenvalue weighted by Gasteiger charge is 2.33. The number of aromatic nitrogens is 3. The summed E-state index contributed by atoms with van der Waals surface area (Å²) >= 11 is 1.98. The summed E-state index contributed by atoms with van der Waals surface area (Å²) in [5.74, 6) is 3.51. The molecule has 1 saturated heterocycles. The Labute approximate surface area is 203 Å². The second-order valence-corrected chi connectivity index (χ2v) is 11.2. The fourth-order valence-electron chi connectivity index (χ4n) is 5.95. The summed E-state index contributed by atoms with van der Waals surface area (Å²) in [4.78, 5) is 30.7. The highest BCUT2D eigenvalue weighted by atomic mass is 32.2. The molecule has 3 aliphatic rings. The van der Waals surface area contributed by atoms with Crippen molar-refractivity contribution in [3.8, 4) is 0 Å². The van der Waals surface area contributed by atoms with Gasteiger partial charge in [0.05, 0.1) is 11.6 Å². The van der Waals surface area contributed by atoms with Gasteiger partial charge in [-0.05, 0) is 72.9 Å². The largest absolute Gasteiger partial charge is 0.338 e. The van der Waals surface area contributed by atoms with Gasteiger partial charge in [-0.1, -0.05) is 19.8 Å². The normalized spacial score (nSPS) is 23.4. The van der Waals surface area contributed by atoms with Crippen LogP contribution < -0.4 is 10.9 Å². The number of hydrogen-bond donors (Lipinski definition) is 2. The molecule has 2 aliphatic heterocycles. The number of pyridine rings is 1. The van der Waals surface area contributed by atoms with Crippen LogP contribution in [0.25, 0.3) is 10.9 Å². The Hall–Kier alpha value is -2.74. The summed E-state index contributed by atoms with van der Waals surface area (Å²) in [5, 5.41) is 8.93. The van der Waals surface area contributed by atoms with Gasteiger partial charge >= 0.3 is 0 Å². The number of anilines is 2. The molecule has 0 spiro atoms. The Kier molecular flexibility index (Phi) is 5.63. The molecule has 34 heavy (non-hydrogen) atoms. The Morgan fingerprint density at radius 1 is 1.09 bits per heavy atom. The number of aromatic amines is 1. The monoisotopic (exact) mass is 477 g/mol. The molecule has 1 amide bonds. The van der Waals surface area contributed by atoms with Gasteiger partial charge in [-0.15, -0.1) is 0 Å². The molecule has 178 valence electrons. The van der Waals surface area contributed by atoms with Gasteiger partial charge in [-0.25, -0.2) is 0 Å². The highest BCUT2D eigenvalue weighted by Crippen LogP contribution is 2.37. The summed E-state index contributed by atoms with van der Waals surface area (Å²) in [5.41, 5.74) is 3.45. The van der Waals surface area contributed by atoms with Gasteiger partial charge in [-0.2, -0.15) is 16.9 Å². The van der Waals surface area contributed by atoms with E-state index in [0.29, 0.717) is 35.8 Å². The average Bonchev–Trinajstić information content (AvgIpc) is 3.38. The van der Waals surface area contributed by atoms with Gasteiger partial charge in [-0.3, -0.25) is 14.3 Å². The minimum atomic E-state index is -0.132. The molecule has 1 aliphatic carbocycles. The molecule has 2 N–H and O–H groups in total. The maximum absolute atomic E-state index is 13.0. The third-order valence-electron chi connectivity index (χ3n) is 7.84. The maximum atomic E-state index is 13.0. The van der Waals surface area contributed by atoms with Gasteiger partial charge in [0, 0.05) is 30.0 Å². The molecular formula is C26H31N5O2S. The fraction of sp³-hybridized carbons (Fsp3) is 0.500. The van der Waals surface area contributed by atoms with Crippen molar-refractivity contribution in [3.63, 3.8) is 0 Å². The lowest BCUT2D eigenvalue weighted by Gasteiger charge is -2.30. The molecule has 2 aromatic heterocycles. The lowest BCUT2D eigenvalue weighted by atomic mass is 9.86. The molecule has 0 radical (unpaired) electrons. The number of nitrogens with one attached hydrogen (secondary N) is 2. The van der Waals surface area contributed by atoms with E-state index in [9.17, 15) is 9.59 Å². The van der Waals surface area contributed by atoms with Crippen molar-refractivity contribution in [2.45, 2.75) is 64.1 Å². The van der Waals surface area contributed by atoms with Crippen LogP contribution in [0.5, 0.6) is 0 Å². The number of thioether (sulfide) groups is 1. The predicted octanol–water partition coefficient (Wildman–Crippen LogP) is 5.07. The number of amides is 1. The third-order valence-corrected chi connectivity index (χ3v) is 8.89. The van der Waals surface area contributed by atoms with E-state index >= 15 is 0 Å². The topological polar surface area (TPSA) is 83.0 Å². The third kappa shape index (κ3) is 3.72. The molecule has 2 atom stereocenters. The molecular weight excluding hydrogens is 446 g/mol. The predicted molar refractivity (Wildman–Crippen MR) is 137 cm³/mol. The quantitative estimate of drug-likeness (QED) is 0.548. The van der Waals surface area contributed by atoms with Crippen LogP contribution in [-0.4, -0.2) is 43.1 Å². The smallest absolute Gasteiger partial charge is 0.261 e. The van der Waals surface area contributed by atoms with Crippen molar-refractivity contribution < 1.29 is 4.79 Å². The second kappa shape index (κ2) is 8.80. The number of rotatable bonds is 4. The van der Waals surface area contributed by atoms with Crippen molar-refractivity contribution in [1.82, 2.24) is 19.7 Å². The van der Waals surface area contributed by atoms with Crippen LogP contribution in [0, 0.1) is 5.92 Å². The Morgan fingerprint density at radius 3 is 2.74 bits per heavy atom. The number of hydrogen-bond acceptors (Lipinski definition) is 5. The first-order chi connectivity index (χ1) is 16.6. The van der Waals surface area contributed by atoms with Crippen molar-refractivity contribution in [3.05, 3.63) is 51.9 Å². The van der Waals surface area contributed by atoms with E-state index in [4.69, 9.17) is 5.10 Å². The van der Waals surface area contributed by atoms with E-state index in [1.165, 1.54) is 19.3 Å². The molecule has 2 fully saturated rings. The first-order valence-corrected chi connectivity index (χ1v) is 13.6. The van der Waals surface area contributed by atoms with Crippen molar-refractivity contribution in [2.75, 3.05) is 16.8 Å². The lowest BCUT2D eigenvalue weighted by molar-refractivity contribution is 0.0693. The van der Waals surface area contributed by atoms with E-state index in [2.05, 4.69) is 28.0 Å². The van der Waals surface area contributed by atoms with E-state index < -0.39 is 0 Å². The van der Waals surface area contributed by atoms with Gasteiger partial charge < -0.3 is 15.2 Å². The summed E-state index contributed by atoms with van der Waals surface area (Å²) in [6.45, 7) is 2.94. The molecule has 7 nitrogen and oxygen atoms in total. The zero-order chi connectivity index (χ0) is 23.2. The lowest BCUT2D eigenvalue weighted by Crippen LogP contribution is -2.37. The van der Waals surface area contributed by atoms with E-state index in [1.54, 1.807) is 6.20 Å². The number of benzene rings is 1. The molecule has 1 saturated carbocycles. The maximum Gasteiger partial charge on any atom is 0.261 e. The minimum absolute atomic E-state index is 0.132. The molecule has 4 heterocycles. The van der Waals surface area contributed by atoms with Crippen LogP contribution in [0.4, 0.5) is 11.5 Å². The van der Waals surface area contributed by atoms with Crippen LogP contribution in [-0.2, 0) is 6.54 Å². The average molecular weight is 478 g/mol. The molecule has 8 heteroatoms. The van der Waals surface area contributed by atoms with E-state index in [1.807, 2.05) is 34.9 Å². The fourth-order valence-corrected chi connectivity index (χ4v) is 7.03. The zero-order valence-corrected chi connectivity index (χ0v) is 20.4. The number of H-pyrrole nitrogens is 1. The molecule has 0 bridgehead atoms. The van der Waals surface area contributed by atoms with Gasteiger partial charge in [0.15, 0.2) is 5.82 Å². The van der Waals surface area contributed by atoms with Gasteiger partial charge in [0.2, 0.25) is 0 Å². The van der Waals surface area contributed by atoms with Crippen molar-refractivity contribution in [1.29, 1.82) is 0 Å². The molecule has 1 aromatic carbocycles. The number of nitrogens with zero attached hydrogens (tertiary/aromatic N) is 3. The zero-order valence-electron chi connectivity index (χ0n) is 19.5. The van der Waals surface area contributed by atoms with Crippen LogP contribution in [0.3, 0.4) is 0 Å². The van der Waals surface area contributed by atoms with Crippen molar-refractivity contribution in [2.24, 2.45) is 5.92 Å². The van der Waals surface area contributed by atoms with Crippen LogP contribution >= 0.6 is 11.8 Å². The van der Waals surface area contributed by atoms with Gasteiger partial charge in [0.1, 0.15) is 5.39 Å². The summed E-state index contributed by atoms with van der Waals surface area (Å²) in [6, 6.07) is 8.50. The number of carbonyl (C=O) groups excluding carboxylic acids is 1. The SMILES string of the molecule is C[C@H]1CCCC[C@@H]1n1nc(Nc2ccc3c(c2)CN(C2CCSCC2)C3=O)c2c(=O)[nH]ccc21. The Balaban J connectivity index is 1.32. The van der Waals surface area contributed by atoms with Crippen molar-refractivity contribution >= 4 is 40.1 Å². The summed E-state index contributed by atoms with van der Waals surface area (Å²) in [6.07, 6.45) is 8.57. The standard InChI is InChI=1S/C26H31N5O2S/c1-16-4-2-3-5-21(16)31-22-8-11-27-25(32)23(22)24(29-31)28-18-6-7-20-17(14-18)15-30(26(20)33)19-9-12-34-13-10-19/h6-8,11,14,16,19,21H,2-5,9-10,12-13,15H2,1H3,(H,27,32)(H,28,29)/t16-,21-/m0/s1. The number of carbonyl (C=O) groups is 1. The Morgan fingerprint density at radius 2 is 1.91 bits per heavy atom. The number of fused-ring (bicyclic) bond motifs is 2. The first kappa shape index (κ1) is 21.8. The summed E-state index contributed by atoms with van der Waals surface area (Å²) < 4.78 is 2.07. The van der Waals surface area contributed by atoms with Crippen LogP contribution in [0.15, 0.2) is 35.3 Å².